The maximum atomic E-state index is 13.8. The smallest absolute Gasteiger partial charge is 0.273 e. The molecule has 2 fully saturated rings. The summed E-state index contributed by atoms with van der Waals surface area (Å²) in [7, 11) is -4.67. The second kappa shape index (κ2) is 7.58. The SMILES string of the molecule is CC1(C)CC(=O)[C@@]2(C1)C(=O)N(S(=O)(=O)c1ccc([N+](=O)[O-])cc1)C(=O)C[C@H]2c1ccccc1. The Balaban J connectivity index is 1.84. The lowest BCUT2D eigenvalue weighted by molar-refractivity contribution is -0.384. The summed E-state index contributed by atoms with van der Waals surface area (Å²) in [6, 6.07) is 12.6. The molecular weight excluding hydrogens is 448 g/mol. The lowest BCUT2D eigenvalue weighted by Crippen LogP contribution is -2.58. The topological polar surface area (TPSA) is 132 Å². The maximum Gasteiger partial charge on any atom is 0.273 e. The Morgan fingerprint density at radius 3 is 2.12 bits per heavy atom. The highest BCUT2D eigenvalue weighted by atomic mass is 32.2. The molecule has 1 aliphatic carbocycles. The molecule has 172 valence electrons. The molecule has 0 aromatic heterocycles. The molecule has 2 atom stereocenters. The highest BCUT2D eigenvalue weighted by Crippen LogP contribution is 2.58. The summed E-state index contributed by atoms with van der Waals surface area (Å²) in [5.41, 5.74) is -1.95. The van der Waals surface area contributed by atoms with Gasteiger partial charge in [-0.15, -0.1) is 0 Å². The number of nitrogens with zero attached hydrogens (tertiary/aromatic N) is 2. The standard InChI is InChI=1S/C23H22N2O7S/c1-22(2)13-19(26)23(14-22)18(15-6-4-3-5-7-15)12-20(27)24(21(23)28)33(31,32)17-10-8-16(9-11-17)25(29)30/h3-11,18H,12-14H2,1-2H3/t18-,23-/m0/s1. The van der Waals surface area contributed by atoms with E-state index in [-0.39, 0.29) is 35.0 Å². The van der Waals surface area contributed by atoms with Gasteiger partial charge in [-0.2, -0.15) is 4.31 Å². The van der Waals surface area contributed by atoms with Crippen LogP contribution in [0, 0.1) is 20.9 Å². The van der Waals surface area contributed by atoms with E-state index in [2.05, 4.69) is 0 Å². The molecule has 2 amide bonds. The number of rotatable bonds is 4. The minimum Gasteiger partial charge on any atom is -0.298 e. The minimum atomic E-state index is -4.67. The Hall–Kier alpha value is -3.40. The molecule has 0 unspecified atom stereocenters. The van der Waals surface area contributed by atoms with E-state index in [1.807, 2.05) is 13.8 Å². The molecule has 0 N–H and O–H groups in total. The van der Waals surface area contributed by atoms with Crippen LogP contribution in [0.4, 0.5) is 5.69 Å². The van der Waals surface area contributed by atoms with E-state index in [0.717, 1.165) is 24.3 Å². The monoisotopic (exact) mass is 470 g/mol. The molecule has 4 rings (SSSR count). The number of imide groups is 1. The molecule has 1 spiro atoms. The molecule has 0 bridgehead atoms. The van der Waals surface area contributed by atoms with Crippen LogP contribution in [-0.4, -0.2) is 35.2 Å². The Labute approximate surface area is 190 Å². The fourth-order valence-electron chi connectivity index (χ4n) is 5.07. The van der Waals surface area contributed by atoms with Gasteiger partial charge in [0.2, 0.25) is 5.91 Å². The predicted molar refractivity (Wildman–Crippen MR) is 116 cm³/mol. The zero-order valence-electron chi connectivity index (χ0n) is 18.1. The average Bonchev–Trinajstić information content (AvgIpc) is 3.00. The summed E-state index contributed by atoms with van der Waals surface area (Å²) >= 11 is 0. The van der Waals surface area contributed by atoms with E-state index in [1.54, 1.807) is 30.3 Å². The quantitative estimate of drug-likeness (QED) is 0.290. The van der Waals surface area contributed by atoms with Crippen LogP contribution in [0.5, 0.6) is 0 Å². The van der Waals surface area contributed by atoms with Crippen molar-refractivity contribution in [1.29, 1.82) is 0 Å². The molecule has 10 heteroatoms. The zero-order valence-corrected chi connectivity index (χ0v) is 18.9. The number of piperidine rings is 1. The van der Waals surface area contributed by atoms with Crippen molar-refractivity contribution in [2.24, 2.45) is 10.8 Å². The van der Waals surface area contributed by atoms with Crippen LogP contribution in [0.25, 0.3) is 0 Å². The van der Waals surface area contributed by atoms with Gasteiger partial charge in [0.05, 0.1) is 9.82 Å². The van der Waals surface area contributed by atoms with Crippen LogP contribution >= 0.6 is 0 Å². The Bertz CT molecular complexity index is 1270. The van der Waals surface area contributed by atoms with Gasteiger partial charge in [-0.3, -0.25) is 24.5 Å². The van der Waals surface area contributed by atoms with Gasteiger partial charge in [-0.05, 0) is 29.5 Å². The van der Waals surface area contributed by atoms with Crippen molar-refractivity contribution in [3.63, 3.8) is 0 Å². The summed E-state index contributed by atoms with van der Waals surface area (Å²) in [4.78, 5) is 50.1. The molecule has 1 saturated heterocycles. The van der Waals surface area contributed by atoms with Crippen LogP contribution in [0.3, 0.4) is 0 Å². The third kappa shape index (κ3) is 3.54. The second-order valence-electron chi connectivity index (χ2n) is 9.30. The number of nitro groups is 1. The lowest BCUT2D eigenvalue weighted by atomic mass is 9.64. The Morgan fingerprint density at radius 2 is 1.61 bits per heavy atom. The Kier molecular flexibility index (Phi) is 5.24. The molecule has 0 radical (unpaired) electrons. The number of Topliss-reactive ketones (excluding diaryl/α,β-unsaturated/α-hetero) is 1. The van der Waals surface area contributed by atoms with Crippen molar-refractivity contribution in [2.75, 3.05) is 0 Å². The van der Waals surface area contributed by atoms with Crippen LogP contribution in [-0.2, 0) is 24.4 Å². The van der Waals surface area contributed by atoms with Gasteiger partial charge in [0.25, 0.3) is 21.6 Å². The summed E-state index contributed by atoms with van der Waals surface area (Å²) in [5, 5.41) is 10.9. The van der Waals surface area contributed by atoms with Crippen molar-refractivity contribution >= 4 is 33.3 Å². The van der Waals surface area contributed by atoms with Crippen molar-refractivity contribution in [3.05, 3.63) is 70.3 Å². The fraction of sp³-hybridized carbons (Fsp3) is 0.348. The maximum absolute atomic E-state index is 13.8. The van der Waals surface area contributed by atoms with E-state index in [4.69, 9.17) is 0 Å². The lowest BCUT2D eigenvalue weighted by Gasteiger charge is -2.43. The third-order valence-corrected chi connectivity index (χ3v) is 8.17. The van der Waals surface area contributed by atoms with Gasteiger partial charge in [0, 0.05) is 30.9 Å². The normalized spacial score (nSPS) is 25.0. The van der Waals surface area contributed by atoms with Crippen molar-refractivity contribution in [3.8, 4) is 0 Å². The van der Waals surface area contributed by atoms with Crippen LogP contribution in [0.2, 0.25) is 0 Å². The van der Waals surface area contributed by atoms with Gasteiger partial charge < -0.3 is 0 Å². The summed E-state index contributed by atoms with van der Waals surface area (Å²) in [6.45, 7) is 3.67. The highest BCUT2D eigenvalue weighted by Gasteiger charge is 2.65. The highest BCUT2D eigenvalue weighted by molar-refractivity contribution is 7.90. The van der Waals surface area contributed by atoms with E-state index < -0.39 is 48.4 Å². The number of carbonyl (C=O) groups is 3. The largest absolute Gasteiger partial charge is 0.298 e. The number of nitro benzene ring substituents is 1. The molecule has 1 heterocycles. The molecule has 9 nitrogen and oxygen atoms in total. The van der Waals surface area contributed by atoms with Gasteiger partial charge in [-0.25, -0.2) is 8.42 Å². The number of hydrogen-bond acceptors (Lipinski definition) is 7. The molecule has 1 aliphatic heterocycles. The fourth-order valence-corrected chi connectivity index (χ4v) is 6.49. The first-order valence-corrected chi connectivity index (χ1v) is 11.8. The zero-order chi connectivity index (χ0) is 24.2. The van der Waals surface area contributed by atoms with E-state index >= 15 is 0 Å². The van der Waals surface area contributed by atoms with Gasteiger partial charge in [0.15, 0.2) is 0 Å². The number of sulfonamides is 1. The number of hydrogen-bond donors (Lipinski definition) is 0. The molecular formula is C23H22N2O7S. The van der Waals surface area contributed by atoms with Gasteiger partial charge in [-0.1, -0.05) is 44.2 Å². The van der Waals surface area contributed by atoms with Crippen molar-refractivity contribution in [1.82, 2.24) is 4.31 Å². The number of non-ortho nitro benzene ring substituents is 1. The van der Waals surface area contributed by atoms with Crippen LogP contribution in [0.15, 0.2) is 59.5 Å². The van der Waals surface area contributed by atoms with Gasteiger partial charge >= 0.3 is 0 Å². The molecule has 33 heavy (non-hydrogen) atoms. The Morgan fingerprint density at radius 1 is 1.00 bits per heavy atom. The van der Waals surface area contributed by atoms with E-state index in [0.29, 0.717) is 5.56 Å². The second-order valence-corrected chi connectivity index (χ2v) is 11.1. The molecule has 1 saturated carbocycles. The summed E-state index contributed by atoms with van der Waals surface area (Å²) in [5.74, 6) is -3.16. The first-order valence-electron chi connectivity index (χ1n) is 10.4. The number of ketones is 1. The van der Waals surface area contributed by atoms with Crippen molar-refractivity contribution in [2.45, 2.75) is 43.9 Å². The van der Waals surface area contributed by atoms with Gasteiger partial charge in [0.1, 0.15) is 11.2 Å². The number of carbonyl (C=O) groups excluding carboxylic acids is 3. The van der Waals surface area contributed by atoms with E-state index in [1.165, 1.54) is 0 Å². The third-order valence-electron chi connectivity index (χ3n) is 6.45. The number of amides is 2. The minimum absolute atomic E-state index is 0.0850. The van der Waals surface area contributed by atoms with Crippen molar-refractivity contribution < 1.29 is 27.7 Å². The number of benzene rings is 2. The summed E-state index contributed by atoms with van der Waals surface area (Å²) < 4.78 is 26.9. The van der Waals surface area contributed by atoms with Crippen LogP contribution in [0.1, 0.15) is 44.6 Å². The van der Waals surface area contributed by atoms with Crippen LogP contribution < -0.4 is 0 Å². The summed E-state index contributed by atoms with van der Waals surface area (Å²) in [6.07, 6.45) is -0.137. The first kappa shape index (κ1) is 22.8. The first-order chi connectivity index (χ1) is 15.4. The molecule has 2 aliphatic rings. The molecule has 2 aromatic rings. The average molecular weight is 471 g/mol. The predicted octanol–water partition coefficient (Wildman–Crippen LogP) is 3.20. The molecule has 2 aromatic carbocycles. The van der Waals surface area contributed by atoms with E-state index in [9.17, 15) is 32.9 Å².